The molecule has 1 atom stereocenters. The van der Waals surface area contributed by atoms with Crippen molar-refractivity contribution in [1.29, 1.82) is 0 Å². The predicted octanol–water partition coefficient (Wildman–Crippen LogP) is 6.37. The van der Waals surface area contributed by atoms with E-state index in [-0.39, 0.29) is 17.9 Å². The Balaban J connectivity index is 1.64. The van der Waals surface area contributed by atoms with Gasteiger partial charge in [0.2, 0.25) is 0 Å². The van der Waals surface area contributed by atoms with Gasteiger partial charge in [0.1, 0.15) is 5.82 Å². The summed E-state index contributed by atoms with van der Waals surface area (Å²) in [5.74, 6) is -0.299. The largest absolute Gasteiger partial charge is 0.322 e. The number of aryl methyl sites for hydroxylation is 1. The lowest BCUT2D eigenvalue weighted by Gasteiger charge is -2.31. The quantitative estimate of drug-likeness (QED) is 0.398. The van der Waals surface area contributed by atoms with Gasteiger partial charge in [0.25, 0.3) is 0 Å². The lowest BCUT2D eigenvalue weighted by atomic mass is 10.0. The Kier molecular flexibility index (Phi) is 5.02. The molecule has 2 heterocycles. The van der Waals surface area contributed by atoms with Gasteiger partial charge in [0.05, 0.1) is 18.3 Å². The smallest absolute Gasteiger partial charge is 0.318 e. The van der Waals surface area contributed by atoms with Crippen molar-refractivity contribution >= 4 is 11.7 Å². The summed E-state index contributed by atoms with van der Waals surface area (Å²) < 4.78 is 15.8. The van der Waals surface area contributed by atoms with Crippen LogP contribution in [0.4, 0.5) is 14.9 Å². The average Bonchev–Trinajstić information content (AvgIpc) is 3.22. The third kappa shape index (κ3) is 3.46. The van der Waals surface area contributed by atoms with E-state index in [4.69, 9.17) is 0 Å². The number of nitrogens with one attached hydrogen (secondary N) is 1. The third-order valence-electron chi connectivity index (χ3n) is 6.26. The molecular weight excluding hydrogens is 401 g/mol. The Hall–Kier alpha value is -3.86. The van der Waals surface area contributed by atoms with Gasteiger partial charge >= 0.3 is 6.03 Å². The molecule has 32 heavy (non-hydrogen) atoms. The van der Waals surface area contributed by atoms with Crippen LogP contribution < -0.4 is 5.32 Å². The van der Waals surface area contributed by atoms with Crippen LogP contribution in [0.1, 0.15) is 34.0 Å². The normalized spacial score (nSPS) is 15.0. The standard InChI is InChI=1S/C27H24FN3O/c1-18-7-5-9-23(19(18)2)29-27(32)31-17-21-8-3-4-10-24(21)30-16-6-11-25(30)26(31)20-12-14-22(28)15-13-20/h3-16,26H,17H2,1-2H3,(H,29,32)/t26-/m1/s1. The topological polar surface area (TPSA) is 37.3 Å². The second-order valence-electron chi connectivity index (χ2n) is 8.19. The van der Waals surface area contributed by atoms with E-state index in [9.17, 15) is 9.18 Å². The Morgan fingerprint density at radius 1 is 0.938 bits per heavy atom. The van der Waals surface area contributed by atoms with Crippen LogP contribution >= 0.6 is 0 Å². The van der Waals surface area contributed by atoms with Crippen LogP contribution in [-0.4, -0.2) is 15.5 Å². The third-order valence-corrected chi connectivity index (χ3v) is 6.26. The molecule has 0 bridgehead atoms. The monoisotopic (exact) mass is 425 g/mol. The number of carbonyl (C=O) groups excluding carboxylic acids is 1. The Morgan fingerprint density at radius 3 is 2.53 bits per heavy atom. The van der Waals surface area contributed by atoms with Crippen LogP contribution in [0.2, 0.25) is 0 Å². The first-order valence-corrected chi connectivity index (χ1v) is 10.7. The maximum absolute atomic E-state index is 13.7. The minimum absolute atomic E-state index is 0.197. The number of anilines is 1. The highest BCUT2D eigenvalue weighted by atomic mass is 19.1. The molecule has 5 heteroatoms. The summed E-state index contributed by atoms with van der Waals surface area (Å²) in [6, 6.07) is 23.8. The number of urea groups is 1. The summed E-state index contributed by atoms with van der Waals surface area (Å²) in [4.78, 5) is 15.5. The zero-order valence-electron chi connectivity index (χ0n) is 18.0. The van der Waals surface area contributed by atoms with E-state index in [2.05, 4.69) is 16.0 Å². The fraction of sp³-hybridized carbons (Fsp3) is 0.148. The van der Waals surface area contributed by atoms with E-state index in [0.29, 0.717) is 6.54 Å². The molecule has 0 saturated heterocycles. The number of nitrogens with zero attached hydrogens (tertiary/aromatic N) is 2. The van der Waals surface area contributed by atoms with Crippen molar-refractivity contribution in [2.24, 2.45) is 0 Å². The van der Waals surface area contributed by atoms with E-state index in [1.165, 1.54) is 12.1 Å². The summed E-state index contributed by atoms with van der Waals surface area (Å²) in [5, 5.41) is 3.12. The predicted molar refractivity (Wildman–Crippen MR) is 124 cm³/mol. The van der Waals surface area contributed by atoms with Gasteiger partial charge in [0.15, 0.2) is 0 Å². The highest BCUT2D eigenvalue weighted by molar-refractivity contribution is 5.91. The molecular formula is C27H24FN3O. The van der Waals surface area contributed by atoms with E-state index >= 15 is 0 Å². The van der Waals surface area contributed by atoms with Crippen molar-refractivity contribution in [2.75, 3.05) is 5.32 Å². The maximum Gasteiger partial charge on any atom is 0.322 e. The summed E-state index contributed by atoms with van der Waals surface area (Å²) in [6.45, 7) is 4.46. The fourth-order valence-electron chi connectivity index (χ4n) is 4.41. The molecule has 0 spiro atoms. The van der Waals surface area contributed by atoms with Gasteiger partial charge in [-0.2, -0.15) is 0 Å². The molecule has 4 aromatic rings. The first-order chi connectivity index (χ1) is 15.5. The second-order valence-corrected chi connectivity index (χ2v) is 8.19. The zero-order valence-corrected chi connectivity index (χ0v) is 18.0. The molecule has 0 aliphatic carbocycles. The fourth-order valence-corrected chi connectivity index (χ4v) is 4.41. The minimum Gasteiger partial charge on any atom is -0.318 e. The van der Waals surface area contributed by atoms with Crippen LogP contribution in [-0.2, 0) is 6.54 Å². The van der Waals surface area contributed by atoms with Gasteiger partial charge in [-0.15, -0.1) is 0 Å². The molecule has 1 aromatic heterocycles. The van der Waals surface area contributed by atoms with E-state index in [0.717, 1.165) is 39.3 Å². The molecule has 4 nitrogen and oxygen atoms in total. The number of rotatable bonds is 2. The van der Waals surface area contributed by atoms with Crippen LogP contribution in [0.3, 0.4) is 0 Å². The molecule has 5 rings (SSSR count). The Bertz CT molecular complexity index is 1290. The van der Waals surface area contributed by atoms with Crippen LogP contribution in [0.5, 0.6) is 0 Å². The molecule has 0 fully saturated rings. The first-order valence-electron chi connectivity index (χ1n) is 10.7. The summed E-state index contributed by atoms with van der Waals surface area (Å²) >= 11 is 0. The number of hydrogen-bond acceptors (Lipinski definition) is 1. The number of halogens is 1. The number of carbonyl (C=O) groups is 1. The van der Waals surface area contributed by atoms with E-state index in [1.54, 1.807) is 12.1 Å². The molecule has 3 aromatic carbocycles. The number of amides is 2. The number of hydrogen-bond donors (Lipinski definition) is 1. The Labute approximate surface area is 186 Å². The van der Waals surface area contributed by atoms with Crippen LogP contribution in [0, 0.1) is 19.7 Å². The molecule has 1 N–H and O–H groups in total. The maximum atomic E-state index is 13.7. The summed E-state index contributed by atoms with van der Waals surface area (Å²) in [5.41, 5.74) is 6.85. The highest BCUT2D eigenvalue weighted by Crippen LogP contribution is 2.37. The highest BCUT2D eigenvalue weighted by Gasteiger charge is 2.33. The molecule has 0 radical (unpaired) electrons. The zero-order chi connectivity index (χ0) is 22.2. The van der Waals surface area contributed by atoms with Gasteiger partial charge in [-0.3, -0.25) is 0 Å². The van der Waals surface area contributed by atoms with Crippen molar-refractivity contribution in [3.8, 4) is 5.69 Å². The molecule has 160 valence electrons. The SMILES string of the molecule is Cc1cccc(NC(=O)N2Cc3ccccc3-n3cccc3[C@H]2c2ccc(F)cc2)c1C. The molecule has 2 amide bonds. The molecule has 1 aliphatic rings. The summed E-state index contributed by atoms with van der Waals surface area (Å²) in [7, 11) is 0. The van der Waals surface area contributed by atoms with Crippen LogP contribution in [0.25, 0.3) is 5.69 Å². The van der Waals surface area contributed by atoms with E-state index < -0.39 is 0 Å². The molecule has 0 unspecified atom stereocenters. The van der Waals surface area contributed by atoms with Crippen molar-refractivity contribution < 1.29 is 9.18 Å². The number of aromatic nitrogens is 1. The Morgan fingerprint density at radius 2 is 1.72 bits per heavy atom. The van der Waals surface area contributed by atoms with Crippen LogP contribution in [0.15, 0.2) is 85.1 Å². The van der Waals surface area contributed by atoms with Gasteiger partial charge in [-0.1, -0.05) is 42.5 Å². The number of benzene rings is 3. The van der Waals surface area contributed by atoms with Gasteiger partial charge < -0.3 is 14.8 Å². The summed E-state index contributed by atoms with van der Waals surface area (Å²) in [6.07, 6.45) is 2.01. The molecule has 1 aliphatic heterocycles. The lowest BCUT2D eigenvalue weighted by molar-refractivity contribution is 0.194. The average molecular weight is 426 g/mol. The van der Waals surface area contributed by atoms with Gasteiger partial charge in [-0.05, 0) is 72.5 Å². The number of fused-ring (bicyclic) bond motifs is 3. The molecule has 0 saturated carbocycles. The first kappa shape index (κ1) is 20.1. The van der Waals surface area contributed by atoms with Crippen molar-refractivity contribution in [2.45, 2.75) is 26.4 Å². The van der Waals surface area contributed by atoms with Crippen molar-refractivity contribution in [3.05, 3.63) is 119 Å². The van der Waals surface area contributed by atoms with E-state index in [1.807, 2.05) is 73.5 Å². The van der Waals surface area contributed by atoms with Gasteiger partial charge in [0, 0.05) is 17.6 Å². The lowest BCUT2D eigenvalue weighted by Crippen LogP contribution is -2.38. The number of para-hydroxylation sites is 1. The van der Waals surface area contributed by atoms with Crippen molar-refractivity contribution in [3.63, 3.8) is 0 Å². The minimum atomic E-state index is -0.372. The van der Waals surface area contributed by atoms with Gasteiger partial charge in [-0.25, -0.2) is 9.18 Å². The second kappa shape index (κ2) is 8.00. The van der Waals surface area contributed by atoms with Crippen molar-refractivity contribution in [1.82, 2.24) is 9.47 Å².